The molecular formula is C9H18O3. The number of esters is 1. The highest BCUT2D eigenvalue weighted by Crippen LogP contribution is 2.20. The number of carbonyl (C=O) groups is 1. The van der Waals surface area contributed by atoms with Crippen LogP contribution in [0.3, 0.4) is 0 Å². The molecule has 1 fully saturated rings. The summed E-state index contributed by atoms with van der Waals surface area (Å²) in [6, 6.07) is 0. The summed E-state index contributed by atoms with van der Waals surface area (Å²) in [4.78, 5) is 10.9. The predicted octanol–water partition coefficient (Wildman–Crippen LogP) is 1.45. The Kier molecular flexibility index (Phi) is 5.72. The molecule has 0 aromatic carbocycles. The van der Waals surface area contributed by atoms with Gasteiger partial charge in [-0.1, -0.05) is 13.3 Å². The summed E-state index contributed by atoms with van der Waals surface area (Å²) in [6.07, 6.45) is 6.65. The molecule has 0 unspecified atom stereocenters. The molecule has 0 heterocycles. The van der Waals surface area contributed by atoms with E-state index in [1.807, 2.05) is 6.92 Å². The Morgan fingerprint density at radius 3 is 2.42 bits per heavy atom. The van der Waals surface area contributed by atoms with Crippen LogP contribution in [0.5, 0.6) is 0 Å². The first kappa shape index (κ1) is 11.4. The largest absolute Gasteiger partial charge is 0.462 e. The van der Waals surface area contributed by atoms with Crippen molar-refractivity contribution in [2.24, 2.45) is 0 Å². The zero-order valence-electron chi connectivity index (χ0n) is 7.64. The van der Waals surface area contributed by atoms with Crippen molar-refractivity contribution in [1.29, 1.82) is 0 Å². The third-order valence-electron chi connectivity index (χ3n) is 2.14. The standard InChI is InChI=1S/C9H16O2.H2O/c1-2-9(10)11-8-6-4-3-5-7-8;/h8H,2-7H2,1H3;1H2. The first-order valence-corrected chi connectivity index (χ1v) is 4.52. The van der Waals surface area contributed by atoms with E-state index in [2.05, 4.69) is 0 Å². The van der Waals surface area contributed by atoms with Gasteiger partial charge in [-0.05, 0) is 25.7 Å². The Hall–Kier alpha value is -0.570. The third-order valence-corrected chi connectivity index (χ3v) is 2.14. The summed E-state index contributed by atoms with van der Waals surface area (Å²) in [5, 5.41) is 0. The average Bonchev–Trinajstić information content (AvgIpc) is 2.06. The first-order valence-electron chi connectivity index (χ1n) is 4.52. The van der Waals surface area contributed by atoms with E-state index in [0.717, 1.165) is 12.8 Å². The predicted molar refractivity (Wildman–Crippen MR) is 46.9 cm³/mol. The van der Waals surface area contributed by atoms with Gasteiger partial charge in [-0.3, -0.25) is 4.79 Å². The van der Waals surface area contributed by atoms with Crippen molar-refractivity contribution in [3.8, 4) is 0 Å². The summed E-state index contributed by atoms with van der Waals surface area (Å²) < 4.78 is 5.20. The zero-order chi connectivity index (χ0) is 8.10. The molecule has 1 aliphatic rings. The smallest absolute Gasteiger partial charge is 0.305 e. The molecule has 3 nitrogen and oxygen atoms in total. The van der Waals surface area contributed by atoms with Crippen molar-refractivity contribution >= 4 is 5.97 Å². The van der Waals surface area contributed by atoms with E-state index in [1.165, 1.54) is 19.3 Å². The van der Waals surface area contributed by atoms with Gasteiger partial charge in [0.1, 0.15) is 6.10 Å². The van der Waals surface area contributed by atoms with Crippen molar-refractivity contribution in [3.63, 3.8) is 0 Å². The Morgan fingerprint density at radius 2 is 1.92 bits per heavy atom. The molecule has 0 spiro atoms. The zero-order valence-corrected chi connectivity index (χ0v) is 7.64. The minimum atomic E-state index is -0.0445. The molecule has 0 amide bonds. The van der Waals surface area contributed by atoms with Crippen LogP contribution in [0.2, 0.25) is 0 Å². The van der Waals surface area contributed by atoms with Crippen molar-refractivity contribution in [3.05, 3.63) is 0 Å². The van der Waals surface area contributed by atoms with Gasteiger partial charge in [-0.25, -0.2) is 0 Å². The molecule has 0 atom stereocenters. The van der Waals surface area contributed by atoms with Crippen LogP contribution in [-0.4, -0.2) is 17.5 Å². The van der Waals surface area contributed by atoms with Gasteiger partial charge in [-0.15, -0.1) is 0 Å². The molecule has 1 rings (SSSR count). The highest BCUT2D eigenvalue weighted by Gasteiger charge is 2.16. The number of rotatable bonds is 2. The normalized spacial score (nSPS) is 18.1. The summed E-state index contributed by atoms with van der Waals surface area (Å²) in [5.41, 5.74) is 0. The second kappa shape index (κ2) is 6.00. The number of hydrogen-bond acceptors (Lipinski definition) is 2. The van der Waals surface area contributed by atoms with Crippen LogP contribution >= 0.6 is 0 Å². The monoisotopic (exact) mass is 174 g/mol. The molecule has 0 saturated heterocycles. The van der Waals surface area contributed by atoms with E-state index in [1.54, 1.807) is 0 Å². The van der Waals surface area contributed by atoms with Crippen LogP contribution in [0.15, 0.2) is 0 Å². The van der Waals surface area contributed by atoms with Gasteiger partial charge in [0.05, 0.1) is 0 Å². The lowest BCUT2D eigenvalue weighted by Crippen LogP contribution is -2.20. The Morgan fingerprint density at radius 1 is 1.33 bits per heavy atom. The number of ether oxygens (including phenoxy) is 1. The maximum atomic E-state index is 10.9. The van der Waals surface area contributed by atoms with E-state index in [9.17, 15) is 4.79 Å². The fourth-order valence-electron chi connectivity index (χ4n) is 1.45. The van der Waals surface area contributed by atoms with Crippen molar-refractivity contribution < 1.29 is 15.0 Å². The lowest BCUT2D eigenvalue weighted by Gasteiger charge is -2.21. The van der Waals surface area contributed by atoms with Gasteiger partial charge in [0, 0.05) is 6.42 Å². The molecule has 1 saturated carbocycles. The quantitative estimate of drug-likeness (QED) is 0.595. The molecule has 3 heteroatoms. The summed E-state index contributed by atoms with van der Waals surface area (Å²) in [7, 11) is 0. The lowest BCUT2D eigenvalue weighted by atomic mass is 9.98. The Labute approximate surface area is 73.4 Å². The van der Waals surface area contributed by atoms with Gasteiger partial charge in [0.2, 0.25) is 0 Å². The maximum Gasteiger partial charge on any atom is 0.305 e. The number of carbonyl (C=O) groups excluding carboxylic acids is 1. The van der Waals surface area contributed by atoms with E-state index < -0.39 is 0 Å². The molecule has 0 aromatic rings. The molecule has 0 radical (unpaired) electrons. The van der Waals surface area contributed by atoms with Crippen molar-refractivity contribution in [2.45, 2.75) is 51.6 Å². The van der Waals surface area contributed by atoms with E-state index in [4.69, 9.17) is 4.74 Å². The third kappa shape index (κ3) is 3.72. The topological polar surface area (TPSA) is 57.8 Å². The number of hydrogen-bond donors (Lipinski definition) is 0. The van der Waals surface area contributed by atoms with Gasteiger partial charge < -0.3 is 10.2 Å². The van der Waals surface area contributed by atoms with Gasteiger partial charge in [0.25, 0.3) is 0 Å². The fraction of sp³-hybridized carbons (Fsp3) is 0.889. The summed E-state index contributed by atoms with van der Waals surface area (Å²) in [6.45, 7) is 1.84. The van der Waals surface area contributed by atoms with Crippen LogP contribution in [0.4, 0.5) is 0 Å². The fourth-order valence-corrected chi connectivity index (χ4v) is 1.45. The molecular weight excluding hydrogens is 156 g/mol. The van der Waals surface area contributed by atoms with Gasteiger partial charge >= 0.3 is 5.97 Å². The van der Waals surface area contributed by atoms with Crippen molar-refractivity contribution in [1.82, 2.24) is 0 Å². The first-order chi connectivity index (χ1) is 5.33. The molecule has 0 aromatic heterocycles. The van der Waals surface area contributed by atoms with Crippen LogP contribution in [0.25, 0.3) is 0 Å². The van der Waals surface area contributed by atoms with E-state index in [0.29, 0.717) is 6.42 Å². The molecule has 0 bridgehead atoms. The van der Waals surface area contributed by atoms with E-state index >= 15 is 0 Å². The van der Waals surface area contributed by atoms with E-state index in [-0.39, 0.29) is 17.5 Å². The second-order valence-corrected chi connectivity index (χ2v) is 3.10. The second-order valence-electron chi connectivity index (χ2n) is 3.10. The minimum absolute atomic E-state index is 0. The van der Waals surface area contributed by atoms with Gasteiger partial charge in [0.15, 0.2) is 0 Å². The highest BCUT2D eigenvalue weighted by molar-refractivity contribution is 5.69. The van der Waals surface area contributed by atoms with Crippen LogP contribution in [0.1, 0.15) is 45.4 Å². The minimum Gasteiger partial charge on any atom is -0.462 e. The maximum absolute atomic E-state index is 10.9. The summed E-state index contributed by atoms with van der Waals surface area (Å²) in [5.74, 6) is -0.0445. The lowest BCUT2D eigenvalue weighted by molar-refractivity contribution is -0.150. The Balaban J connectivity index is 0.00000121. The van der Waals surface area contributed by atoms with Crippen LogP contribution < -0.4 is 0 Å². The highest BCUT2D eigenvalue weighted by atomic mass is 16.5. The Bertz CT molecular complexity index is 128. The average molecular weight is 174 g/mol. The molecule has 2 N–H and O–H groups in total. The van der Waals surface area contributed by atoms with Crippen LogP contribution in [0, 0.1) is 0 Å². The molecule has 1 aliphatic carbocycles. The van der Waals surface area contributed by atoms with Crippen LogP contribution in [-0.2, 0) is 9.53 Å². The summed E-state index contributed by atoms with van der Waals surface area (Å²) >= 11 is 0. The molecule has 72 valence electrons. The molecule has 12 heavy (non-hydrogen) atoms. The van der Waals surface area contributed by atoms with Crippen molar-refractivity contribution in [2.75, 3.05) is 0 Å². The SMILES string of the molecule is CCC(=O)OC1CCCCC1.O. The molecule has 0 aliphatic heterocycles. The van der Waals surface area contributed by atoms with Gasteiger partial charge in [-0.2, -0.15) is 0 Å².